The minimum atomic E-state index is -0.547. The number of nitrogens with one attached hydrogen (secondary N) is 1. The molecule has 1 aromatic carbocycles. The molecule has 0 aliphatic heterocycles. The van der Waals surface area contributed by atoms with Crippen molar-refractivity contribution in [2.75, 3.05) is 6.54 Å². The number of benzene rings is 1. The fourth-order valence-corrected chi connectivity index (χ4v) is 2.22. The fourth-order valence-electron chi connectivity index (χ4n) is 2.22. The molecule has 1 atom stereocenters. The van der Waals surface area contributed by atoms with Gasteiger partial charge in [-0.1, -0.05) is 6.92 Å². The van der Waals surface area contributed by atoms with Crippen LogP contribution in [0.2, 0.25) is 0 Å². The number of nitrogens with zero attached hydrogens (tertiary/aromatic N) is 2. The molecule has 3 nitrogen and oxygen atoms in total. The highest BCUT2D eigenvalue weighted by Gasteiger charge is 2.14. The zero-order chi connectivity index (χ0) is 14.5. The molecule has 1 N–H and O–H groups in total. The second-order valence-electron chi connectivity index (χ2n) is 4.94. The van der Waals surface area contributed by atoms with Crippen LogP contribution in [0.25, 0.3) is 0 Å². The lowest BCUT2D eigenvalue weighted by molar-refractivity contribution is 0.515. The van der Waals surface area contributed by atoms with E-state index in [4.69, 9.17) is 0 Å². The summed E-state index contributed by atoms with van der Waals surface area (Å²) in [6, 6.07) is 3.54. The van der Waals surface area contributed by atoms with Crippen LogP contribution < -0.4 is 5.32 Å². The molecule has 0 fully saturated rings. The van der Waals surface area contributed by atoms with Crippen LogP contribution in [0.5, 0.6) is 0 Å². The lowest BCUT2D eigenvalue weighted by Gasteiger charge is -2.18. The van der Waals surface area contributed by atoms with Crippen molar-refractivity contribution in [3.05, 3.63) is 53.4 Å². The van der Waals surface area contributed by atoms with E-state index in [9.17, 15) is 8.78 Å². The van der Waals surface area contributed by atoms with Crippen LogP contribution in [0.15, 0.2) is 30.6 Å². The van der Waals surface area contributed by atoms with Crippen LogP contribution >= 0.6 is 0 Å². The van der Waals surface area contributed by atoms with Gasteiger partial charge in [0.05, 0.1) is 6.20 Å². The first-order valence-electron chi connectivity index (χ1n) is 6.75. The predicted octanol–water partition coefficient (Wildman–Crippen LogP) is 2.98. The fraction of sp³-hybridized carbons (Fsp3) is 0.400. The zero-order valence-electron chi connectivity index (χ0n) is 11.7. The van der Waals surface area contributed by atoms with E-state index in [2.05, 4.69) is 17.3 Å². The average Bonchev–Trinajstić information content (AvgIpc) is 2.79. The van der Waals surface area contributed by atoms with E-state index in [0.717, 1.165) is 24.6 Å². The molecule has 2 rings (SSSR count). The van der Waals surface area contributed by atoms with E-state index in [1.807, 2.05) is 13.2 Å². The van der Waals surface area contributed by atoms with Gasteiger partial charge < -0.3 is 5.32 Å². The van der Waals surface area contributed by atoms with Crippen LogP contribution in [-0.2, 0) is 13.5 Å². The van der Waals surface area contributed by atoms with Gasteiger partial charge >= 0.3 is 0 Å². The standard InChI is InChI=1S/C15H19F2N3/c1-3-4-18-15(5-11-9-19-20(2)10-11)12-6-13(16)8-14(17)7-12/h6-10,15,18H,3-5H2,1-2H3. The van der Waals surface area contributed by atoms with Crippen LogP contribution in [0.1, 0.15) is 30.5 Å². The minimum Gasteiger partial charge on any atom is -0.310 e. The maximum absolute atomic E-state index is 13.4. The van der Waals surface area contributed by atoms with Crippen molar-refractivity contribution in [3.8, 4) is 0 Å². The average molecular weight is 279 g/mol. The molecule has 1 unspecified atom stereocenters. The summed E-state index contributed by atoms with van der Waals surface area (Å²) < 4.78 is 28.5. The van der Waals surface area contributed by atoms with Gasteiger partial charge in [-0.15, -0.1) is 0 Å². The van der Waals surface area contributed by atoms with Gasteiger partial charge in [0, 0.05) is 25.4 Å². The highest BCUT2D eigenvalue weighted by atomic mass is 19.1. The molecule has 1 heterocycles. The third kappa shape index (κ3) is 3.87. The number of rotatable bonds is 6. The largest absolute Gasteiger partial charge is 0.310 e. The van der Waals surface area contributed by atoms with E-state index in [1.165, 1.54) is 12.1 Å². The summed E-state index contributed by atoms with van der Waals surface area (Å²) >= 11 is 0. The number of halogens is 2. The molecule has 5 heteroatoms. The second kappa shape index (κ2) is 6.61. The smallest absolute Gasteiger partial charge is 0.126 e. The van der Waals surface area contributed by atoms with Crippen LogP contribution in [0.4, 0.5) is 8.78 Å². The molecule has 1 aromatic heterocycles. The number of aryl methyl sites for hydroxylation is 1. The summed E-state index contributed by atoms with van der Waals surface area (Å²) in [6.45, 7) is 2.85. The Morgan fingerprint density at radius 3 is 2.50 bits per heavy atom. The van der Waals surface area contributed by atoms with Crippen LogP contribution in [-0.4, -0.2) is 16.3 Å². The van der Waals surface area contributed by atoms with Gasteiger partial charge in [-0.2, -0.15) is 5.10 Å². The van der Waals surface area contributed by atoms with Crippen molar-refractivity contribution in [1.82, 2.24) is 15.1 Å². The van der Waals surface area contributed by atoms with Gasteiger partial charge in [-0.3, -0.25) is 4.68 Å². The molecule has 0 bridgehead atoms. The molecule has 0 aliphatic carbocycles. The Kier molecular flexibility index (Phi) is 4.84. The Bertz CT molecular complexity index is 546. The molecule has 0 amide bonds. The minimum absolute atomic E-state index is 0.121. The van der Waals surface area contributed by atoms with Crippen molar-refractivity contribution in [2.24, 2.45) is 7.05 Å². The van der Waals surface area contributed by atoms with Gasteiger partial charge in [-0.25, -0.2) is 8.78 Å². The van der Waals surface area contributed by atoms with E-state index >= 15 is 0 Å². The second-order valence-corrected chi connectivity index (χ2v) is 4.94. The van der Waals surface area contributed by atoms with Crippen LogP contribution in [0, 0.1) is 11.6 Å². The van der Waals surface area contributed by atoms with Gasteiger partial charge in [0.25, 0.3) is 0 Å². The summed E-state index contributed by atoms with van der Waals surface area (Å²) in [7, 11) is 1.85. The van der Waals surface area contributed by atoms with Crippen molar-refractivity contribution >= 4 is 0 Å². The van der Waals surface area contributed by atoms with Crippen molar-refractivity contribution in [3.63, 3.8) is 0 Å². The molecule has 0 aliphatic rings. The highest BCUT2D eigenvalue weighted by Crippen LogP contribution is 2.20. The van der Waals surface area contributed by atoms with E-state index in [-0.39, 0.29) is 6.04 Å². The SMILES string of the molecule is CCCNC(Cc1cnn(C)c1)c1cc(F)cc(F)c1. The Balaban J connectivity index is 2.21. The Morgan fingerprint density at radius 1 is 1.25 bits per heavy atom. The number of hydrogen-bond acceptors (Lipinski definition) is 2. The molecular weight excluding hydrogens is 260 g/mol. The molecule has 2 aromatic rings. The monoisotopic (exact) mass is 279 g/mol. The number of aromatic nitrogens is 2. The lowest BCUT2D eigenvalue weighted by atomic mass is 10.00. The third-order valence-electron chi connectivity index (χ3n) is 3.13. The normalized spacial score (nSPS) is 12.6. The molecule has 0 saturated carbocycles. The van der Waals surface area contributed by atoms with E-state index in [0.29, 0.717) is 12.0 Å². The van der Waals surface area contributed by atoms with Gasteiger partial charge in [0.1, 0.15) is 11.6 Å². The predicted molar refractivity (Wildman–Crippen MR) is 74.3 cm³/mol. The summed E-state index contributed by atoms with van der Waals surface area (Å²) in [4.78, 5) is 0. The maximum Gasteiger partial charge on any atom is 0.126 e. The van der Waals surface area contributed by atoms with Gasteiger partial charge in [0.15, 0.2) is 0 Å². The molecule has 0 saturated heterocycles. The molecular formula is C15H19F2N3. The molecule has 20 heavy (non-hydrogen) atoms. The zero-order valence-corrected chi connectivity index (χ0v) is 11.7. The quantitative estimate of drug-likeness (QED) is 0.881. The lowest BCUT2D eigenvalue weighted by Crippen LogP contribution is -2.24. The highest BCUT2D eigenvalue weighted by molar-refractivity contribution is 5.23. The van der Waals surface area contributed by atoms with Crippen LogP contribution in [0.3, 0.4) is 0 Å². The first-order valence-corrected chi connectivity index (χ1v) is 6.75. The number of hydrogen-bond donors (Lipinski definition) is 1. The first-order chi connectivity index (χ1) is 9.58. The Morgan fingerprint density at radius 2 is 1.95 bits per heavy atom. The summed E-state index contributed by atoms with van der Waals surface area (Å²) in [5.74, 6) is -1.09. The van der Waals surface area contributed by atoms with E-state index in [1.54, 1.807) is 10.9 Å². The molecule has 0 spiro atoms. The maximum atomic E-state index is 13.4. The summed E-state index contributed by atoms with van der Waals surface area (Å²) in [5, 5.41) is 7.45. The van der Waals surface area contributed by atoms with Crippen molar-refractivity contribution in [2.45, 2.75) is 25.8 Å². The topological polar surface area (TPSA) is 29.9 Å². The first kappa shape index (κ1) is 14.7. The van der Waals surface area contributed by atoms with Gasteiger partial charge in [-0.05, 0) is 42.6 Å². The molecule has 0 radical (unpaired) electrons. The Hall–Kier alpha value is -1.75. The molecule has 108 valence electrons. The van der Waals surface area contributed by atoms with E-state index < -0.39 is 11.6 Å². The van der Waals surface area contributed by atoms with Crippen molar-refractivity contribution < 1.29 is 8.78 Å². The van der Waals surface area contributed by atoms with Gasteiger partial charge in [0.2, 0.25) is 0 Å². The van der Waals surface area contributed by atoms with Crippen molar-refractivity contribution in [1.29, 1.82) is 0 Å². The summed E-state index contributed by atoms with van der Waals surface area (Å²) in [5.41, 5.74) is 1.66. The summed E-state index contributed by atoms with van der Waals surface area (Å²) in [6.07, 6.45) is 5.30. The third-order valence-corrected chi connectivity index (χ3v) is 3.13. The Labute approximate surface area is 117 Å².